The molecule has 0 radical (unpaired) electrons. The summed E-state index contributed by atoms with van der Waals surface area (Å²) in [6.45, 7) is 17.0. The lowest BCUT2D eigenvalue weighted by molar-refractivity contribution is -0.923. The number of unbranched alkanes of at least 4 members (excludes halogenated alkanes) is 12. The summed E-state index contributed by atoms with van der Waals surface area (Å²) in [7, 11) is 5.04. The van der Waals surface area contributed by atoms with Crippen molar-refractivity contribution < 1.29 is 8.97 Å². The zero-order valence-electron chi connectivity index (χ0n) is 25.8. The highest BCUT2D eigenvalue weighted by Gasteiger charge is 2.23. The van der Waals surface area contributed by atoms with Crippen LogP contribution in [0.2, 0.25) is 0 Å². The largest absolute Gasteiger partial charge is 0.322 e. The van der Waals surface area contributed by atoms with Gasteiger partial charge in [-0.3, -0.25) is 0 Å². The van der Waals surface area contributed by atoms with Crippen LogP contribution in [0.3, 0.4) is 0 Å². The number of hydrogen-bond donors (Lipinski definition) is 0. The lowest BCUT2D eigenvalue weighted by Gasteiger charge is -2.36. The molecule has 0 fully saturated rings. The maximum absolute atomic E-state index is 2.52. The minimum atomic E-state index is 1.19. The monoisotopic (exact) mass is 503 g/mol. The molecule has 1 aromatic rings. The third-order valence-corrected chi connectivity index (χ3v) is 8.36. The first-order valence-corrected chi connectivity index (χ1v) is 16.1. The van der Waals surface area contributed by atoms with Crippen LogP contribution in [0.5, 0.6) is 0 Å². The smallest absolute Gasteiger partial charge is 0.104 e. The Morgan fingerprint density at radius 2 is 0.639 bits per heavy atom. The minimum absolute atomic E-state index is 1.19. The molecule has 1 rings (SSSR count). The Morgan fingerprint density at radius 3 is 0.861 bits per heavy atom. The van der Waals surface area contributed by atoms with Gasteiger partial charge in [-0.25, -0.2) is 0 Å². The molecule has 0 atom stereocenters. The standard InChI is InChI=1S/C34H66N2/c1-7-11-15-19-27-35(5,28-20-16-12-8-2)31-33-23-25-34(26-24-33)32-36(6,29-21-17-13-9-3)30-22-18-14-10-4/h23-26H,7-22,27-32H2,1-6H3/q+2. The lowest BCUT2D eigenvalue weighted by Crippen LogP contribution is -2.45. The van der Waals surface area contributed by atoms with Crippen molar-refractivity contribution in [3.05, 3.63) is 35.4 Å². The summed E-state index contributed by atoms with van der Waals surface area (Å²) in [6.07, 6.45) is 22.0. The fourth-order valence-electron chi connectivity index (χ4n) is 5.85. The predicted octanol–water partition coefficient (Wildman–Crippen LogP) is 9.90. The molecule has 0 heterocycles. The summed E-state index contributed by atoms with van der Waals surface area (Å²) in [6, 6.07) is 9.84. The number of hydrogen-bond acceptors (Lipinski definition) is 0. The first-order chi connectivity index (χ1) is 17.4. The molecule has 0 saturated heterocycles. The number of benzene rings is 1. The highest BCUT2D eigenvalue weighted by atomic mass is 15.3. The molecule has 0 aliphatic carbocycles. The molecule has 0 spiro atoms. The van der Waals surface area contributed by atoms with E-state index in [0.717, 1.165) is 0 Å². The molecule has 36 heavy (non-hydrogen) atoms. The third kappa shape index (κ3) is 15.4. The highest BCUT2D eigenvalue weighted by molar-refractivity contribution is 5.21. The van der Waals surface area contributed by atoms with E-state index in [1.54, 1.807) is 0 Å². The van der Waals surface area contributed by atoms with E-state index in [1.807, 2.05) is 0 Å². The zero-order valence-corrected chi connectivity index (χ0v) is 25.8. The lowest BCUT2D eigenvalue weighted by atomic mass is 10.1. The van der Waals surface area contributed by atoms with Gasteiger partial charge in [-0.1, -0.05) is 103 Å². The van der Waals surface area contributed by atoms with Gasteiger partial charge in [0.15, 0.2) is 0 Å². The molecule has 0 saturated carbocycles. The van der Waals surface area contributed by atoms with Crippen molar-refractivity contribution in [3.63, 3.8) is 0 Å². The van der Waals surface area contributed by atoms with Crippen LogP contribution < -0.4 is 0 Å². The van der Waals surface area contributed by atoms with Gasteiger partial charge in [0.2, 0.25) is 0 Å². The Hall–Kier alpha value is -0.860. The highest BCUT2D eigenvalue weighted by Crippen LogP contribution is 2.21. The van der Waals surface area contributed by atoms with E-state index < -0.39 is 0 Å². The molecule has 210 valence electrons. The molecule has 0 bridgehead atoms. The normalized spacial score (nSPS) is 12.4. The van der Waals surface area contributed by atoms with Gasteiger partial charge in [0.25, 0.3) is 0 Å². The zero-order chi connectivity index (χ0) is 26.5. The molecule has 2 nitrogen and oxygen atoms in total. The van der Waals surface area contributed by atoms with Crippen molar-refractivity contribution in [1.82, 2.24) is 0 Å². The summed E-state index contributed by atoms with van der Waals surface area (Å²) in [5.74, 6) is 0. The average Bonchev–Trinajstić information content (AvgIpc) is 2.87. The van der Waals surface area contributed by atoms with E-state index in [9.17, 15) is 0 Å². The minimum Gasteiger partial charge on any atom is -0.322 e. The number of rotatable bonds is 24. The molecule has 1 aromatic carbocycles. The van der Waals surface area contributed by atoms with Crippen LogP contribution in [0.4, 0.5) is 0 Å². The Bertz CT molecular complexity index is 542. The molecule has 0 aliphatic rings. The van der Waals surface area contributed by atoms with Crippen LogP contribution in [0.15, 0.2) is 24.3 Å². The van der Waals surface area contributed by atoms with E-state index >= 15 is 0 Å². The van der Waals surface area contributed by atoms with Crippen molar-refractivity contribution in [1.29, 1.82) is 0 Å². The fourth-order valence-corrected chi connectivity index (χ4v) is 5.85. The molecule has 0 amide bonds. The topological polar surface area (TPSA) is 0 Å². The van der Waals surface area contributed by atoms with E-state index in [2.05, 4.69) is 66.1 Å². The van der Waals surface area contributed by atoms with Gasteiger partial charge >= 0.3 is 0 Å². The molecular weight excluding hydrogens is 436 g/mol. The van der Waals surface area contributed by atoms with Gasteiger partial charge in [-0.15, -0.1) is 0 Å². The van der Waals surface area contributed by atoms with Crippen LogP contribution in [-0.4, -0.2) is 49.2 Å². The molecule has 0 aliphatic heterocycles. The summed E-state index contributed by atoms with van der Waals surface area (Å²) in [5, 5.41) is 0. The fraction of sp³-hybridized carbons (Fsp3) is 0.824. The maximum atomic E-state index is 2.52. The van der Waals surface area contributed by atoms with Gasteiger partial charge < -0.3 is 8.97 Å². The van der Waals surface area contributed by atoms with Gasteiger partial charge in [0, 0.05) is 11.1 Å². The number of quaternary nitrogens is 2. The van der Waals surface area contributed by atoms with Crippen LogP contribution in [0, 0.1) is 0 Å². The van der Waals surface area contributed by atoms with Crippen LogP contribution in [0.25, 0.3) is 0 Å². The van der Waals surface area contributed by atoms with Crippen LogP contribution in [-0.2, 0) is 13.1 Å². The van der Waals surface area contributed by atoms with Gasteiger partial charge in [0.05, 0.1) is 40.3 Å². The van der Waals surface area contributed by atoms with Crippen LogP contribution >= 0.6 is 0 Å². The molecule has 2 heteroatoms. The van der Waals surface area contributed by atoms with Gasteiger partial charge in [0.1, 0.15) is 13.1 Å². The summed E-state index contributed by atoms with van der Waals surface area (Å²) in [5.41, 5.74) is 3.07. The molecule has 0 aromatic heterocycles. The maximum Gasteiger partial charge on any atom is 0.104 e. The van der Waals surface area contributed by atoms with E-state index in [1.165, 1.54) is 162 Å². The van der Waals surface area contributed by atoms with E-state index in [-0.39, 0.29) is 0 Å². The van der Waals surface area contributed by atoms with Crippen molar-refractivity contribution in [3.8, 4) is 0 Å². The van der Waals surface area contributed by atoms with Gasteiger partial charge in [-0.2, -0.15) is 0 Å². The summed E-state index contributed by atoms with van der Waals surface area (Å²) >= 11 is 0. The van der Waals surface area contributed by atoms with E-state index in [4.69, 9.17) is 0 Å². The third-order valence-electron chi connectivity index (χ3n) is 8.36. The summed E-state index contributed by atoms with van der Waals surface area (Å²) < 4.78 is 2.44. The second-order valence-corrected chi connectivity index (χ2v) is 12.5. The van der Waals surface area contributed by atoms with Crippen molar-refractivity contribution in [2.45, 2.75) is 144 Å². The Labute approximate surface area is 228 Å². The molecule has 0 unspecified atom stereocenters. The van der Waals surface area contributed by atoms with Crippen molar-refractivity contribution in [2.24, 2.45) is 0 Å². The van der Waals surface area contributed by atoms with Gasteiger partial charge in [-0.05, 0) is 51.4 Å². The van der Waals surface area contributed by atoms with Crippen LogP contribution in [0.1, 0.15) is 142 Å². The molecular formula is C34H66N2+2. The quantitative estimate of drug-likeness (QED) is 0.0974. The molecule has 0 N–H and O–H groups in total. The Kier molecular flexibility index (Phi) is 18.6. The Balaban J connectivity index is 2.78. The summed E-state index contributed by atoms with van der Waals surface area (Å²) in [4.78, 5) is 0. The second-order valence-electron chi connectivity index (χ2n) is 12.5. The Morgan fingerprint density at radius 1 is 0.389 bits per heavy atom. The average molecular weight is 503 g/mol. The van der Waals surface area contributed by atoms with Crippen molar-refractivity contribution in [2.75, 3.05) is 40.3 Å². The van der Waals surface area contributed by atoms with E-state index in [0.29, 0.717) is 0 Å². The first kappa shape index (κ1) is 33.2. The predicted molar refractivity (Wildman–Crippen MR) is 162 cm³/mol. The SMILES string of the molecule is CCCCCC[N+](C)(CCCCCC)Cc1ccc(C[N+](C)(CCCCCC)CCCCCC)cc1. The van der Waals surface area contributed by atoms with Crippen molar-refractivity contribution >= 4 is 0 Å². The first-order valence-electron chi connectivity index (χ1n) is 16.1. The number of nitrogens with zero attached hydrogens (tertiary/aromatic N) is 2. The second kappa shape index (κ2) is 20.1.